The van der Waals surface area contributed by atoms with Crippen molar-refractivity contribution in [3.63, 3.8) is 0 Å². The lowest BCUT2D eigenvalue weighted by molar-refractivity contribution is -0.442. The highest BCUT2D eigenvalue weighted by molar-refractivity contribution is 7.87. The lowest BCUT2D eigenvalue weighted by Crippen LogP contribution is -2.33. The topological polar surface area (TPSA) is 337 Å². The van der Waals surface area contributed by atoms with Crippen molar-refractivity contribution in [3.05, 3.63) is 95.7 Å². The Labute approximate surface area is 417 Å². The summed E-state index contributed by atoms with van der Waals surface area (Å²) >= 11 is 0. The van der Waals surface area contributed by atoms with E-state index in [4.69, 9.17) is 9.47 Å². The van der Waals surface area contributed by atoms with Gasteiger partial charge in [0.15, 0.2) is 12.3 Å². The van der Waals surface area contributed by atoms with E-state index in [1.807, 2.05) is 4.90 Å². The van der Waals surface area contributed by atoms with Crippen LogP contribution in [0.25, 0.3) is 21.5 Å². The van der Waals surface area contributed by atoms with Gasteiger partial charge in [0, 0.05) is 60.0 Å². The second kappa shape index (κ2) is 21.1. The average Bonchev–Trinajstić information content (AvgIpc) is 3.62. The van der Waals surface area contributed by atoms with Crippen molar-refractivity contribution in [2.75, 3.05) is 50.7 Å². The second-order valence-electron chi connectivity index (χ2n) is 18.0. The minimum absolute atomic E-state index is 0.0131. The van der Waals surface area contributed by atoms with E-state index in [9.17, 15) is 74.8 Å². The van der Waals surface area contributed by atoms with Crippen molar-refractivity contribution in [2.45, 2.75) is 89.7 Å². The third-order valence-electron chi connectivity index (χ3n) is 12.8. The Morgan fingerprint density at radius 2 is 1.32 bits per heavy atom. The Morgan fingerprint density at radius 1 is 0.708 bits per heavy atom. The van der Waals surface area contributed by atoms with E-state index in [1.54, 1.807) is 67.9 Å². The molecular weight excluding hydrogens is 1040 g/mol. The molecule has 2 aliphatic rings. The van der Waals surface area contributed by atoms with E-state index in [-0.39, 0.29) is 67.2 Å². The van der Waals surface area contributed by atoms with E-state index >= 15 is 0 Å². The fourth-order valence-corrected chi connectivity index (χ4v) is 12.9. The van der Waals surface area contributed by atoms with Gasteiger partial charge in [-0.2, -0.15) is 38.2 Å². The lowest BCUT2D eigenvalue weighted by Gasteiger charge is -2.27. The van der Waals surface area contributed by atoms with E-state index in [0.717, 1.165) is 12.1 Å². The van der Waals surface area contributed by atoms with Gasteiger partial charge in [-0.25, -0.2) is 8.42 Å². The van der Waals surface area contributed by atoms with Crippen LogP contribution in [0, 0.1) is 0 Å². The first-order valence-corrected chi connectivity index (χ1v) is 29.5. The van der Waals surface area contributed by atoms with Crippen LogP contribution in [0.2, 0.25) is 0 Å². The minimum Gasteiger partial charge on any atom is -0.744 e. The summed E-state index contributed by atoms with van der Waals surface area (Å²) in [6, 6.07) is 9.24. The Bertz CT molecular complexity index is 3550. The summed E-state index contributed by atoms with van der Waals surface area (Å²) in [5.74, 6) is -1.65. The van der Waals surface area contributed by atoms with Crippen molar-refractivity contribution in [1.82, 2.24) is 0 Å². The monoisotopic (exact) mass is 1100 g/mol. The highest BCUT2D eigenvalue weighted by Crippen LogP contribution is 2.52. The molecule has 0 fully saturated rings. The number of anilines is 1. The number of hydrogen-bond donors (Lipinski definition) is 5. The van der Waals surface area contributed by atoms with Gasteiger partial charge in [0.2, 0.25) is 5.69 Å². The first-order chi connectivity index (χ1) is 33.3. The maximum Gasteiger partial charge on any atom is 0.303 e. The second-order valence-corrected chi connectivity index (χ2v) is 25.1. The molecule has 0 saturated carbocycles. The SMILES string of the molecule is COCCOCC[N+]1=C(/C=C/C=C/C=C2/N(CCCCCC(=O)O)c3ccc4c(S(=O)(=O)[O-])cc(S(=O)(=O)O)cc4c3C2(C)C)C(C)(CCCS(=O)(=O)O)c2c1ccc1c(S(=O)(=O)O)cc(S(=O)(=O)O)cc21. The summed E-state index contributed by atoms with van der Waals surface area (Å²) < 4.78 is 190. The molecule has 0 aliphatic carbocycles. The fourth-order valence-electron chi connectivity index (χ4n) is 9.68. The molecule has 0 saturated heterocycles. The molecule has 0 amide bonds. The highest BCUT2D eigenvalue weighted by atomic mass is 32.2. The molecule has 6 rings (SSSR count). The average molecular weight is 1100 g/mol. The van der Waals surface area contributed by atoms with Gasteiger partial charge in [-0.3, -0.25) is 23.0 Å². The molecule has 0 radical (unpaired) electrons. The van der Waals surface area contributed by atoms with E-state index in [0.29, 0.717) is 71.9 Å². The van der Waals surface area contributed by atoms with Gasteiger partial charge < -0.3 is 24.0 Å². The van der Waals surface area contributed by atoms with Crippen molar-refractivity contribution in [1.29, 1.82) is 0 Å². The van der Waals surface area contributed by atoms with Crippen LogP contribution >= 0.6 is 0 Å². The maximum absolute atomic E-state index is 12.7. The highest BCUT2D eigenvalue weighted by Gasteiger charge is 2.49. The van der Waals surface area contributed by atoms with Crippen molar-refractivity contribution in [3.8, 4) is 0 Å². The van der Waals surface area contributed by atoms with E-state index < -0.39 is 92.7 Å². The van der Waals surface area contributed by atoms with E-state index in [2.05, 4.69) is 0 Å². The molecule has 4 aromatic rings. The minimum atomic E-state index is -5.27. The summed E-state index contributed by atoms with van der Waals surface area (Å²) in [4.78, 5) is 9.82. The van der Waals surface area contributed by atoms with Crippen LogP contribution in [-0.4, -0.2) is 132 Å². The van der Waals surface area contributed by atoms with Crippen LogP contribution in [0.1, 0.15) is 70.4 Å². The standard InChI is InChI=1S/C46H54N2O19S5/c1-45(2)40(47(20-10-6-9-14-42(49)50)36-17-15-32-34(43(36)45)26-30(69(54,55)56)28-38(32)71(60,61)62)12-7-5-8-13-41-46(3,19-11-25-68(51,52)53)44-35-27-31(70(57,58)59)29-39(72(63,64)65)33(35)16-18-37(44)48(41)21-22-67-24-23-66-4/h5,7-8,12-13,15-18,26-29H,6,9-11,14,19-25H2,1-4H3,(H5-,49,50,51,52,53,54,55,56,57,58,59,60,61,62,63,64,65). The molecule has 0 spiro atoms. The van der Waals surface area contributed by atoms with Crippen LogP contribution in [0.15, 0.2) is 104 Å². The maximum atomic E-state index is 12.7. The number of carboxylic acid groups (broad SMARTS) is 1. The molecule has 1 atom stereocenters. The first-order valence-electron chi connectivity index (χ1n) is 22.1. The van der Waals surface area contributed by atoms with Gasteiger partial charge in [-0.15, -0.1) is 0 Å². The number of aliphatic carboxylic acids is 1. The van der Waals surface area contributed by atoms with Crippen LogP contribution in [0.3, 0.4) is 0 Å². The number of rotatable bonds is 23. The third-order valence-corrected chi connectivity index (χ3v) is 17.0. The largest absolute Gasteiger partial charge is 0.744 e. The van der Waals surface area contributed by atoms with Gasteiger partial charge in [-0.1, -0.05) is 44.6 Å². The Morgan fingerprint density at radius 3 is 1.90 bits per heavy atom. The normalized spacial score (nSPS) is 18.1. The zero-order chi connectivity index (χ0) is 53.4. The summed E-state index contributed by atoms with van der Waals surface area (Å²) in [7, 11) is -23.5. The first kappa shape index (κ1) is 56.3. The van der Waals surface area contributed by atoms with Gasteiger partial charge in [0.25, 0.3) is 40.5 Å². The number of ether oxygens (including phenoxy) is 2. The molecule has 26 heteroatoms. The summed E-state index contributed by atoms with van der Waals surface area (Å²) in [6.45, 7) is 6.28. The van der Waals surface area contributed by atoms with Gasteiger partial charge >= 0.3 is 5.97 Å². The predicted octanol–water partition coefficient (Wildman–Crippen LogP) is 5.76. The number of carbonyl (C=O) groups is 1. The Hall–Kier alpha value is -4.97. The molecular formula is C46H54N2O19S5. The molecule has 1 unspecified atom stereocenters. The molecule has 2 heterocycles. The number of carboxylic acids is 1. The zero-order valence-corrected chi connectivity index (χ0v) is 43.5. The molecule has 2 aliphatic heterocycles. The van der Waals surface area contributed by atoms with Crippen LogP contribution in [0.5, 0.6) is 0 Å². The number of allylic oxidation sites excluding steroid dienone is 6. The van der Waals surface area contributed by atoms with E-state index in [1.165, 1.54) is 19.2 Å². The number of benzene rings is 4. The number of fused-ring (bicyclic) bond motifs is 6. The quantitative estimate of drug-likeness (QED) is 0.0255. The molecule has 72 heavy (non-hydrogen) atoms. The van der Waals surface area contributed by atoms with Crippen molar-refractivity contribution in [2.24, 2.45) is 0 Å². The molecule has 5 N–H and O–H groups in total. The Kier molecular flexibility index (Phi) is 16.5. The van der Waals surface area contributed by atoms with Crippen molar-refractivity contribution < 1.29 is 88.8 Å². The van der Waals surface area contributed by atoms with Gasteiger partial charge in [0.1, 0.15) is 21.6 Å². The number of hydrogen-bond acceptors (Lipinski definition) is 15. The van der Waals surface area contributed by atoms with Crippen LogP contribution in [0.4, 0.5) is 11.4 Å². The third kappa shape index (κ3) is 12.2. The van der Waals surface area contributed by atoms with Crippen LogP contribution < -0.4 is 4.90 Å². The van der Waals surface area contributed by atoms with Crippen LogP contribution in [-0.2, 0) is 75.7 Å². The number of nitrogens with zero attached hydrogens (tertiary/aromatic N) is 2. The Balaban J connectivity index is 1.52. The molecule has 0 bridgehead atoms. The van der Waals surface area contributed by atoms with Gasteiger partial charge in [-0.05, 0) is 96.8 Å². The summed E-state index contributed by atoms with van der Waals surface area (Å²) in [6.07, 6.45) is 9.47. The molecule has 392 valence electrons. The fraction of sp³-hybridized carbons (Fsp3) is 0.391. The molecule has 4 aromatic carbocycles. The number of methoxy groups -OCH3 is 1. The smallest absolute Gasteiger partial charge is 0.303 e. The number of unbranched alkanes of at least 4 members (excludes halogenated alkanes) is 2. The van der Waals surface area contributed by atoms with Gasteiger partial charge in [0.05, 0.1) is 39.1 Å². The lowest BCUT2D eigenvalue weighted by atomic mass is 9.74. The summed E-state index contributed by atoms with van der Waals surface area (Å²) in [5.41, 5.74) is 0.381. The summed E-state index contributed by atoms with van der Waals surface area (Å²) in [5, 5.41) is 9.08. The van der Waals surface area contributed by atoms with Crippen molar-refractivity contribution >= 4 is 95.2 Å². The zero-order valence-electron chi connectivity index (χ0n) is 39.4. The molecule has 0 aromatic heterocycles. The molecule has 21 nitrogen and oxygen atoms in total. The predicted molar refractivity (Wildman–Crippen MR) is 264 cm³/mol.